The van der Waals surface area contributed by atoms with Crippen LogP contribution < -0.4 is 0 Å². The molecule has 0 aromatic heterocycles. The fourth-order valence-electron chi connectivity index (χ4n) is 18.2. The Morgan fingerprint density at radius 3 is 1.10 bits per heavy atom. The molecule has 0 saturated carbocycles. The minimum absolute atomic E-state index is 0.164. The van der Waals surface area contributed by atoms with Gasteiger partial charge in [0.2, 0.25) is 0 Å². The Hall–Kier alpha value is -4.68. The van der Waals surface area contributed by atoms with Crippen LogP contribution in [0.25, 0.3) is 0 Å². The molecule has 0 spiro atoms. The Kier molecular flexibility index (Phi) is 34.2. The molecule has 6 fully saturated rings. The predicted octanol–water partition coefficient (Wildman–Crippen LogP) is 8.78. The summed E-state index contributed by atoms with van der Waals surface area (Å²) in [5.74, 6) is -7.69. The standard InChI is InChI=1S/2C40H69NO12.C4H4O4/c2*1-16-28-40(12,47-15)33(43)23(6)31-21(4)18-39(11,53-31)35(52-37-30(42)27(17-22(5)48-37)41(13)20(2)3)24(7)32(25(8)36(45)50-28)51-29-19-38(10,46-14)34(44)26(9)49-29;5-3(6)1-2-4(7)8/h2*20,22-30,32,34-35,37,42,44H,16-19H2,1-15H3;1-2H,(H,5,6)(H,7,8)/t2*22-,23+,24+,25-,26+,27+,28-,29+,30-,32+,34+,35-,37+,38-,39-,40-;/m11./s1. The molecule has 114 heavy (non-hydrogen) atoms. The van der Waals surface area contributed by atoms with Gasteiger partial charge in [-0.2, -0.15) is 0 Å². The van der Waals surface area contributed by atoms with Gasteiger partial charge in [0.05, 0.1) is 71.5 Å². The zero-order valence-electron chi connectivity index (χ0n) is 73.5. The van der Waals surface area contributed by atoms with Crippen LogP contribution in [0.1, 0.15) is 218 Å². The molecule has 32 atom stereocenters. The van der Waals surface area contributed by atoms with E-state index >= 15 is 0 Å². The smallest absolute Gasteiger partial charge is 0.328 e. The molecular weight excluding hydrogens is 1480 g/mol. The van der Waals surface area contributed by atoms with E-state index in [2.05, 4.69) is 37.5 Å². The molecule has 0 amide bonds. The minimum Gasteiger partial charge on any atom is -0.488 e. The molecule has 8 aliphatic heterocycles. The number of ether oxygens (including phenoxy) is 16. The molecular formula is C84H142N2O28. The number of fused-ring (bicyclic) bond motifs is 4. The van der Waals surface area contributed by atoms with E-state index in [9.17, 15) is 49.2 Å². The van der Waals surface area contributed by atoms with Crippen molar-refractivity contribution in [3.05, 3.63) is 34.8 Å². The number of carbonyl (C=O) groups is 6. The van der Waals surface area contributed by atoms with E-state index < -0.39 is 191 Å². The summed E-state index contributed by atoms with van der Waals surface area (Å²) < 4.78 is 102. The number of aliphatic hydroxyl groups excluding tert-OH is 4. The number of ketones is 2. The third-order valence-electron chi connectivity index (χ3n) is 26.0. The monoisotopic (exact) mass is 1630 g/mol. The zero-order valence-corrected chi connectivity index (χ0v) is 73.5. The highest BCUT2D eigenvalue weighted by Crippen LogP contribution is 2.50. The largest absolute Gasteiger partial charge is 0.488 e. The molecule has 30 nitrogen and oxygen atoms in total. The van der Waals surface area contributed by atoms with E-state index in [1.54, 1.807) is 69.2 Å². The number of likely N-dealkylation sites (N-methyl/N-ethyl adjacent to an activating group) is 2. The maximum Gasteiger partial charge on any atom is 0.328 e. The first-order valence-corrected chi connectivity index (χ1v) is 40.8. The second-order valence-corrected chi connectivity index (χ2v) is 35.2. The molecule has 656 valence electrons. The quantitative estimate of drug-likeness (QED) is 0.0489. The topological polar surface area (TPSA) is 378 Å². The van der Waals surface area contributed by atoms with Gasteiger partial charge in [-0.1, -0.05) is 27.7 Å². The van der Waals surface area contributed by atoms with Gasteiger partial charge in [-0.15, -0.1) is 0 Å². The SMILES string of the molecule is CC[C@H]1OC(=O)[C@H](C)[C@@H](O[C@H]2C[C@@](C)(OC)[C@@H](O)[C@H](C)O2)[C@H](C)[C@@H](O[C@@H]2O[C@H](C)C[C@H](N(C)C(C)C)[C@H]2O)[C@@]2(C)CC(C)=C(O2)[C@H](C)C(=O)[C@]1(C)OC.CC[C@H]1OC(=O)[C@H](C)[C@@H](O[C@H]2C[C@@](C)(OC)[C@@H](O)[C@H](C)O2)[C@H](C)[C@@H](O[C@@H]2O[C@H](C)C[C@H](N(C)C(C)C)[C@H]2O)[C@@]2(C)CC(C)=C(O2)[C@H](C)C(=O)[C@]1(C)OC.O=C(O)C=CC(=O)O. The van der Waals surface area contributed by atoms with Gasteiger partial charge in [-0.25, -0.2) is 9.59 Å². The molecule has 4 bridgehead atoms. The second kappa shape index (κ2) is 39.7. The number of rotatable bonds is 20. The molecule has 8 heterocycles. The Bertz CT molecular complexity index is 3140. The molecule has 30 heteroatoms. The third-order valence-corrected chi connectivity index (χ3v) is 26.0. The third kappa shape index (κ3) is 21.4. The number of hydrogen-bond donors (Lipinski definition) is 6. The average Bonchev–Trinajstić information content (AvgIpc) is 1.58. The van der Waals surface area contributed by atoms with Gasteiger partial charge in [0.25, 0.3) is 0 Å². The first kappa shape index (κ1) is 98.1. The zero-order chi connectivity index (χ0) is 86.5. The van der Waals surface area contributed by atoms with Crippen LogP contribution in [0, 0.1) is 35.5 Å². The highest BCUT2D eigenvalue weighted by Gasteiger charge is 2.60. The lowest BCUT2D eigenvalue weighted by Gasteiger charge is -2.49. The van der Waals surface area contributed by atoms with Crippen molar-refractivity contribution in [2.45, 2.75) is 386 Å². The van der Waals surface area contributed by atoms with E-state index in [0.29, 0.717) is 62.2 Å². The second-order valence-electron chi connectivity index (χ2n) is 35.2. The number of nitrogens with zero attached hydrogens (tertiary/aromatic N) is 2. The lowest BCUT2D eigenvalue weighted by molar-refractivity contribution is -0.317. The fraction of sp³-hybridized carbons (Fsp3) is 0.857. The summed E-state index contributed by atoms with van der Waals surface area (Å²) in [7, 11) is 9.94. The maximum absolute atomic E-state index is 14.4. The highest BCUT2D eigenvalue weighted by atomic mass is 16.7. The summed E-state index contributed by atoms with van der Waals surface area (Å²) in [6.45, 7) is 45.0. The van der Waals surface area contributed by atoms with Gasteiger partial charge < -0.3 is 106 Å². The van der Waals surface area contributed by atoms with Crippen molar-refractivity contribution in [3.63, 3.8) is 0 Å². The summed E-state index contributed by atoms with van der Waals surface area (Å²) in [4.78, 5) is 80.7. The van der Waals surface area contributed by atoms with Crippen molar-refractivity contribution in [2.75, 3.05) is 42.5 Å². The number of cyclic esters (lactones) is 2. The highest BCUT2D eigenvalue weighted by molar-refractivity contribution is 5.93. The lowest BCUT2D eigenvalue weighted by atomic mass is 9.79. The Morgan fingerprint density at radius 1 is 0.509 bits per heavy atom. The molecule has 8 aliphatic rings. The van der Waals surface area contributed by atoms with Crippen molar-refractivity contribution in [1.82, 2.24) is 9.80 Å². The molecule has 8 rings (SSSR count). The summed E-state index contributed by atoms with van der Waals surface area (Å²) in [6, 6.07) is -0.156. The molecule has 6 saturated heterocycles. The number of hydrogen-bond acceptors (Lipinski definition) is 28. The van der Waals surface area contributed by atoms with Crippen LogP contribution in [-0.4, -0.2) is 287 Å². The molecule has 0 radical (unpaired) electrons. The Balaban J connectivity index is 0.000000323. The summed E-state index contributed by atoms with van der Waals surface area (Å²) >= 11 is 0. The van der Waals surface area contributed by atoms with Gasteiger partial charge in [0.1, 0.15) is 71.6 Å². The fourth-order valence-corrected chi connectivity index (χ4v) is 18.2. The van der Waals surface area contributed by atoms with Gasteiger partial charge in [-0.3, -0.25) is 29.0 Å². The normalized spacial score (nSPS) is 43.6. The Labute approximate surface area is 676 Å². The van der Waals surface area contributed by atoms with Crippen molar-refractivity contribution < 1.29 is 135 Å². The van der Waals surface area contributed by atoms with Crippen LogP contribution >= 0.6 is 0 Å². The maximum atomic E-state index is 14.4. The minimum atomic E-state index is -1.48. The number of allylic oxidation sites excluding steroid dienone is 2. The lowest BCUT2D eigenvalue weighted by Crippen LogP contribution is -2.61. The van der Waals surface area contributed by atoms with Crippen LogP contribution in [0.2, 0.25) is 0 Å². The van der Waals surface area contributed by atoms with Crippen LogP contribution in [-0.2, 0) is 105 Å². The first-order chi connectivity index (χ1) is 52.8. The average molecular weight is 1630 g/mol. The number of carbonyl (C=O) groups excluding carboxylic acids is 4. The number of aliphatic carboxylic acids is 2. The van der Waals surface area contributed by atoms with Crippen LogP contribution in [0.3, 0.4) is 0 Å². The first-order valence-electron chi connectivity index (χ1n) is 40.8. The summed E-state index contributed by atoms with van der Waals surface area (Å²) in [5.41, 5.74) is -5.32. The Morgan fingerprint density at radius 2 is 0.825 bits per heavy atom. The number of carboxylic acid groups (broad SMARTS) is 2. The van der Waals surface area contributed by atoms with Gasteiger partial charge in [-0.05, 0) is 189 Å². The van der Waals surface area contributed by atoms with Crippen molar-refractivity contribution in [3.8, 4) is 0 Å². The van der Waals surface area contributed by atoms with Crippen LogP contribution in [0.4, 0.5) is 0 Å². The number of Topliss-reactive ketones (excluding diaryl/α,β-unsaturated/α-hetero) is 2. The number of carboxylic acids is 2. The van der Waals surface area contributed by atoms with E-state index in [-0.39, 0.29) is 60.8 Å². The number of methoxy groups -OCH3 is 4. The van der Waals surface area contributed by atoms with E-state index in [1.807, 2.05) is 83.3 Å². The van der Waals surface area contributed by atoms with E-state index in [4.69, 9.17) is 86.0 Å². The summed E-state index contributed by atoms with van der Waals surface area (Å²) in [6.07, 6.45) is -10.6. The molecule has 0 aliphatic carbocycles. The van der Waals surface area contributed by atoms with Crippen molar-refractivity contribution in [1.29, 1.82) is 0 Å². The number of esters is 2. The van der Waals surface area contributed by atoms with Gasteiger partial charge >= 0.3 is 23.9 Å². The van der Waals surface area contributed by atoms with Crippen molar-refractivity contribution >= 4 is 35.4 Å². The molecule has 0 aromatic carbocycles. The van der Waals surface area contributed by atoms with Crippen molar-refractivity contribution in [2.24, 2.45) is 35.5 Å². The van der Waals surface area contributed by atoms with E-state index in [1.165, 1.54) is 28.4 Å². The summed E-state index contributed by atoms with van der Waals surface area (Å²) in [5, 5.41) is 61.3. The number of aliphatic hydroxyl groups is 4. The van der Waals surface area contributed by atoms with Gasteiger partial charge in [0, 0.05) is 102 Å². The predicted molar refractivity (Wildman–Crippen MR) is 418 cm³/mol. The molecule has 0 aromatic rings. The molecule has 6 N–H and O–H groups in total. The van der Waals surface area contributed by atoms with Crippen LogP contribution in [0.5, 0.6) is 0 Å². The van der Waals surface area contributed by atoms with E-state index in [0.717, 1.165) is 11.1 Å². The van der Waals surface area contributed by atoms with Crippen LogP contribution in [0.15, 0.2) is 34.8 Å². The molecule has 0 unspecified atom stereocenters. The van der Waals surface area contributed by atoms with Gasteiger partial charge in [0.15, 0.2) is 47.9 Å².